The van der Waals surface area contributed by atoms with Crippen molar-refractivity contribution < 1.29 is 27.8 Å². The molecule has 9 heteroatoms. The van der Waals surface area contributed by atoms with Gasteiger partial charge >= 0.3 is 6.18 Å². The van der Waals surface area contributed by atoms with Gasteiger partial charge in [0.1, 0.15) is 11.6 Å². The highest BCUT2D eigenvalue weighted by molar-refractivity contribution is 5.93. The quantitative estimate of drug-likeness (QED) is 0.831. The van der Waals surface area contributed by atoms with Crippen molar-refractivity contribution >= 4 is 11.6 Å². The molecule has 1 heterocycles. The summed E-state index contributed by atoms with van der Waals surface area (Å²) in [6.45, 7) is 1.16. The van der Waals surface area contributed by atoms with Gasteiger partial charge < -0.3 is 15.2 Å². The summed E-state index contributed by atoms with van der Waals surface area (Å²) in [5.41, 5.74) is 0.333. The van der Waals surface area contributed by atoms with Crippen molar-refractivity contribution in [2.75, 3.05) is 12.4 Å². The van der Waals surface area contributed by atoms with E-state index in [-0.39, 0.29) is 36.7 Å². The smallest absolute Gasteiger partial charge is 0.433 e. The highest BCUT2D eigenvalue weighted by Gasteiger charge is 2.39. The molecule has 2 aromatic rings. The van der Waals surface area contributed by atoms with Crippen molar-refractivity contribution in [1.29, 1.82) is 0 Å². The van der Waals surface area contributed by atoms with E-state index in [2.05, 4.69) is 15.3 Å². The highest BCUT2D eigenvalue weighted by Crippen LogP contribution is 2.36. The molecule has 1 aliphatic carbocycles. The lowest BCUT2D eigenvalue weighted by molar-refractivity contribution is -0.142. The number of rotatable bonds is 4. The average Bonchev–Trinajstić information content (AvgIpc) is 2.66. The Morgan fingerprint density at radius 1 is 1.36 bits per heavy atom. The molecule has 1 atom stereocenters. The van der Waals surface area contributed by atoms with Gasteiger partial charge in [0.05, 0.1) is 13.7 Å². The van der Waals surface area contributed by atoms with Crippen molar-refractivity contribution in [2.24, 2.45) is 5.92 Å². The summed E-state index contributed by atoms with van der Waals surface area (Å²) >= 11 is 0. The van der Waals surface area contributed by atoms with E-state index in [1.165, 1.54) is 14.0 Å². The third-order valence-electron chi connectivity index (χ3n) is 4.74. The van der Waals surface area contributed by atoms with E-state index in [0.29, 0.717) is 29.1 Å². The zero-order valence-corrected chi connectivity index (χ0v) is 15.4. The van der Waals surface area contributed by atoms with Crippen LogP contribution >= 0.6 is 0 Å². The Morgan fingerprint density at radius 2 is 2.11 bits per heavy atom. The predicted octanol–water partition coefficient (Wildman–Crippen LogP) is 3.05. The largest absolute Gasteiger partial charge is 0.496 e. The van der Waals surface area contributed by atoms with E-state index in [4.69, 9.17) is 4.74 Å². The van der Waals surface area contributed by atoms with Crippen LogP contribution in [0.3, 0.4) is 0 Å². The molecule has 6 nitrogen and oxygen atoms in total. The molecule has 0 bridgehead atoms. The second-order valence-corrected chi connectivity index (χ2v) is 6.66. The number of aliphatic hydroxyl groups excluding tert-OH is 1. The number of benzene rings is 1. The summed E-state index contributed by atoms with van der Waals surface area (Å²) in [7, 11) is 1.47. The number of halogens is 3. The number of aryl methyl sites for hydroxylation is 2. The van der Waals surface area contributed by atoms with Crippen LogP contribution in [0.25, 0.3) is 0 Å². The first-order valence-corrected chi connectivity index (χ1v) is 8.75. The molecule has 1 aromatic heterocycles. The van der Waals surface area contributed by atoms with Crippen LogP contribution in [0.4, 0.5) is 18.9 Å². The third kappa shape index (κ3) is 4.09. The number of carbonyl (C=O) groups excluding carboxylic acids is 1. The van der Waals surface area contributed by atoms with Crippen LogP contribution in [0.15, 0.2) is 18.2 Å². The minimum Gasteiger partial charge on any atom is -0.496 e. The number of hydrogen-bond acceptors (Lipinski definition) is 5. The molecule has 3 rings (SSSR count). The van der Waals surface area contributed by atoms with Crippen molar-refractivity contribution in [3.63, 3.8) is 0 Å². The number of alkyl halides is 3. The van der Waals surface area contributed by atoms with Gasteiger partial charge in [-0.3, -0.25) is 4.79 Å². The summed E-state index contributed by atoms with van der Waals surface area (Å²) in [4.78, 5) is 20.3. The topological polar surface area (TPSA) is 84.3 Å². The van der Waals surface area contributed by atoms with Crippen LogP contribution in [0, 0.1) is 12.8 Å². The maximum absolute atomic E-state index is 13.4. The summed E-state index contributed by atoms with van der Waals surface area (Å²) < 4.78 is 45.2. The Balaban J connectivity index is 1.81. The summed E-state index contributed by atoms with van der Waals surface area (Å²) in [5.74, 6) is -0.453. The normalized spacial score (nSPS) is 16.4. The molecule has 1 aromatic carbocycles. The molecular weight excluding hydrogens is 375 g/mol. The second kappa shape index (κ2) is 7.75. The summed E-state index contributed by atoms with van der Waals surface area (Å²) in [6.07, 6.45) is -3.98. The van der Waals surface area contributed by atoms with Crippen LogP contribution in [-0.4, -0.2) is 28.1 Å². The zero-order chi connectivity index (χ0) is 20.5. The van der Waals surface area contributed by atoms with Crippen LogP contribution < -0.4 is 10.1 Å². The molecule has 0 fully saturated rings. The van der Waals surface area contributed by atoms with Crippen LogP contribution in [0.1, 0.15) is 34.8 Å². The molecule has 0 aliphatic heterocycles. The standard InChI is InChI=1S/C19H20F3N3O3/c1-10-23-15-5-3-11(8-14(15)17(24-10)19(20,21)22)18(27)25-13-4-6-16(28-2)12(7-13)9-26/h4,6-7,11,26H,3,5,8-9H2,1-2H3,(H,25,27). The fourth-order valence-electron chi connectivity index (χ4n) is 3.42. The number of aromatic nitrogens is 2. The number of nitrogens with zero attached hydrogens (tertiary/aromatic N) is 2. The number of aliphatic hydroxyl groups is 1. The molecule has 1 aliphatic rings. The second-order valence-electron chi connectivity index (χ2n) is 6.66. The number of amides is 1. The Bertz CT molecular complexity index is 900. The van der Waals surface area contributed by atoms with Gasteiger partial charge in [-0.15, -0.1) is 0 Å². The highest BCUT2D eigenvalue weighted by atomic mass is 19.4. The van der Waals surface area contributed by atoms with E-state index in [9.17, 15) is 23.1 Å². The lowest BCUT2D eigenvalue weighted by atomic mass is 9.85. The molecule has 1 amide bonds. The first kappa shape index (κ1) is 20.1. The molecule has 2 N–H and O–H groups in total. The number of anilines is 1. The number of carbonyl (C=O) groups is 1. The minimum atomic E-state index is -4.60. The van der Waals surface area contributed by atoms with E-state index in [1.807, 2.05) is 0 Å². The third-order valence-corrected chi connectivity index (χ3v) is 4.74. The van der Waals surface area contributed by atoms with Gasteiger partial charge in [0.2, 0.25) is 5.91 Å². The Morgan fingerprint density at radius 3 is 2.75 bits per heavy atom. The molecule has 150 valence electrons. The van der Waals surface area contributed by atoms with Gasteiger partial charge in [-0.1, -0.05) is 0 Å². The lowest BCUT2D eigenvalue weighted by Gasteiger charge is -2.26. The monoisotopic (exact) mass is 395 g/mol. The molecule has 28 heavy (non-hydrogen) atoms. The lowest BCUT2D eigenvalue weighted by Crippen LogP contribution is -2.31. The predicted molar refractivity (Wildman–Crippen MR) is 94.8 cm³/mol. The van der Waals surface area contributed by atoms with Crippen molar-refractivity contribution in [3.8, 4) is 5.75 Å². The van der Waals surface area contributed by atoms with Gasteiger partial charge in [-0.05, 0) is 44.4 Å². The first-order chi connectivity index (χ1) is 13.2. The van der Waals surface area contributed by atoms with Crippen molar-refractivity contribution in [2.45, 2.75) is 39.0 Å². The number of fused-ring (bicyclic) bond motifs is 1. The molecule has 0 spiro atoms. The molecule has 0 saturated carbocycles. The van der Waals surface area contributed by atoms with E-state index in [0.717, 1.165) is 0 Å². The molecule has 1 unspecified atom stereocenters. The van der Waals surface area contributed by atoms with E-state index in [1.54, 1.807) is 18.2 Å². The first-order valence-electron chi connectivity index (χ1n) is 8.75. The maximum Gasteiger partial charge on any atom is 0.433 e. The molecular formula is C19H20F3N3O3. The minimum absolute atomic E-state index is 0.00437. The summed E-state index contributed by atoms with van der Waals surface area (Å²) in [6, 6.07) is 4.79. The Hall–Kier alpha value is -2.68. The van der Waals surface area contributed by atoms with Gasteiger partial charge in [-0.2, -0.15) is 13.2 Å². The summed E-state index contributed by atoms with van der Waals surface area (Å²) in [5, 5.41) is 12.1. The zero-order valence-electron chi connectivity index (χ0n) is 15.4. The number of ether oxygens (including phenoxy) is 1. The average molecular weight is 395 g/mol. The molecule has 0 saturated heterocycles. The fourth-order valence-corrected chi connectivity index (χ4v) is 3.42. The number of hydrogen-bond donors (Lipinski definition) is 2. The maximum atomic E-state index is 13.4. The van der Waals surface area contributed by atoms with Gasteiger partial charge in [0, 0.05) is 28.4 Å². The van der Waals surface area contributed by atoms with Crippen LogP contribution in [0.5, 0.6) is 5.75 Å². The SMILES string of the molecule is COc1ccc(NC(=O)C2CCc3nc(C)nc(C(F)(F)F)c3C2)cc1CO. The van der Waals surface area contributed by atoms with Gasteiger partial charge in [0.25, 0.3) is 0 Å². The fraction of sp³-hybridized carbons (Fsp3) is 0.421. The number of methoxy groups -OCH3 is 1. The van der Waals surface area contributed by atoms with Crippen molar-refractivity contribution in [3.05, 3.63) is 46.5 Å². The van der Waals surface area contributed by atoms with Crippen LogP contribution in [-0.2, 0) is 30.4 Å². The Kier molecular flexibility index (Phi) is 5.55. The van der Waals surface area contributed by atoms with Gasteiger partial charge in [0.15, 0.2) is 5.69 Å². The Labute approximate surface area is 159 Å². The number of nitrogens with one attached hydrogen (secondary N) is 1. The van der Waals surface area contributed by atoms with E-state index >= 15 is 0 Å². The van der Waals surface area contributed by atoms with E-state index < -0.39 is 17.8 Å². The van der Waals surface area contributed by atoms with Crippen molar-refractivity contribution in [1.82, 2.24) is 9.97 Å². The van der Waals surface area contributed by atoms with Gasteiger partial charge in [-0.25, -0.2) is 9.97 Å². The molecule has 0 radical (unpaired) electrons. The van der Waals surface area contributed by atoms with Crippen LogP contribution in [0.2, 0.25) is 0 Å².